The van der Waals surface area contributed by atoms with Crippen molar-refractivity contribution in [1.82, 2.24) is 20.2 Å². The van der Waals surface area contributed by atoms with Crippen molar-refractivity contribution in [3.05, 3.63) is 89.7 Å². The molecule has 1 saturated heterocycles. The van der Waals surface area contributed by atoms with Crippen LogP contribution >= 0.6 is 24.0 Å². The Kier molecular flexibility index (Phi) is 8.87. The molecule has 1 N–H and O–H groups in total. The van der Waals surface area contributed by atoms with E-state index in [4.69, 9.17) is 12.2 Å². The molecule has 1 aliphatic heterocycles. The van der Waals surface area contributed by atoms with Gasteiger partial charge < -0.3 is 4.74 Å². The summed E-state index contributed by atoms with van der Waals surface area (Å²) in [6, 6.07) is 18.5. The summed E-state index contributed by atoms with van der Waals surface area (Å²) in [5, 5.41) is 9.23. The van der Waals surface area contributed by atoms with Gasteiger partial charge in [-0.2, -0.15) is 10.1 Å². The number of aryl methyl sites for hydroxylation is 2. The van der Waals surface area contributed by atoms with Crippen LogP contribution in [-0.4, -0.2) is 49.3 Å². The standard InChI is InChI=1S/C29H24F3N7O2S2/c1-3-20-8-4-6-18(2)25(20)39-24(40)16-43-28(39)35-27(42)36-34-15-19-7-5-9-21(14-19)26-33-17-38(37-26)22-10-12-23(13-11-22)41-29(30,31)32/h4-15,17H,3,16H2,1-2H3,(H,36,42)/b34-15+,35-28-. The molecular weight excluding hydrogens is 599 g/mol. The van der Waals surface area contributed by atoms with Gasteiger partial charge >= 0.3 is 6.36 Å². The normalized spacial score (nSPS) is 14.6. The van der Waals surface area contributed by atoms with Crippen LogP contribution in [-0.2, 0) is 11.2 Å². The molecule has 0 aliphatic carbocycles. The number of nitrogens with zero attached hydrogens (tertiary/aromatic N) is 6. The lowest BCUT2D eigenvalue weighted by Gasteiger charge is -2.21. The number of benzene rings is 3. The molecule has 9 nitrogen and oxygen atoms in total. The Morgan fingerprint density at radius 3 is 2.67 bits per heavy atom. The fraction of sp³-hybridized carbons (Fsp3) is 0.172. The van der Waals surface area contributed by atoms with Gasteiger partial charge in [0.15, 0.2) is 11.0 Å². The summed E-state index contributed by atoms with van der Waals surface area (Å²) in [6.07, 6.45) is -0.964. The lowest BCUT2D eigenvalue weighted by Crippen LogP contribution is -2.32. The molecule has 0 atom stereocenters. The van der Waals surface area contributed by atoms with Crippen LogP contribution in [0.5, 0.6) is 5.75 Å². The van der Waals surface area contributed by atoms with Crippen LogP contribution in [0.4, 0.5) is 18.9 Å². The fourth-order valence-electron chi connectivity index (χ4n) is 4.34. The number of ether oxygens (including phenoxy) is 1. The van der Waals surface area contributed by atoms with Crippen LogP contribution in [0.3, 0.4) is 0 Å². The predicted octanol–water partition coefficient (Wildman–Crippen LogP) is 6.05. The number of hydrazone groups is 1. The zero-order chi connectivity index (χ0) is 30.6. The monoisotopic (exact) mass is 623 g/mol. The molecule has 0 bridgehead atoms. The highest BCUT2D eigenvalue weighted by Gasteiger charge is 2.32. The number of thioether (sulfide) groups is 1. The summed E-state index contributed by atoms with van der Waals surface area (Å²) in [5.41, 5.74) is 7.54. The van der Waals surface area contributed by atoms with Crippen LogP contribution in [0.1, 0.15) is 23.6 Å². The predicted molar refractivity (Wildman–Crippen MR) is 165 cm³/mol. The number of alkyl halides is 3. The van der Waals surface area contributed by atoms with Crippen molar-refractivity contribution in [2.45, 2.75) is 26.6 Å². The van der Waals surface area contributed by atoms with Crippen molar-refractivity contribution in [3.8, 4) is 22.8 Å². The summed E-state index contributed by atoms with van der Waals surface area (Å²) in [4.78, 5) is 23.1. The number of thiocarbonyl (C=S) groups is 1. The van der Waals surface area contributed by atoms with E-state index in [-0.39, 0.29) is 22.5 Å². The molecule has 4 aromatic rings. The first-order valence-corrected chi connectivity index (χ1v) is 14.3. The number of rotatable bonds is 7. The molecule has 1 fully saturated rings. The van der Waals surface area contributed by atoms with E-state index in [0.29, 0.717) is 22.2 Å². The van der Waals surface area contributed by atoms with Gasteiger partial charge in [0.2, 0.25) is 11.0 Å². The number of carbonyl (C=O) groups is 1. The maximum atomic E-state index is 12.8. The summed E-state index contributed by atoms with van der Waals surface area (Å²) in [7, 11) is 0. The molecule has 2 heterocycles. The molecule has 0 spiro atoms. The molecule has 43 heavy (non-hydrogen) atoms. The Hall–Kier alpha value is -4.56. The maximum absolute atomic E-state index is 12.8. The number of hydrogen-bond donors (Lipinski definition) is 1. The van der Waals surface area contributed by atoms with Crippen molar-refractivity contribution in [2.24, 2.45) is 10.1 Å². The van der Waals surface area contributed by atoms with Crippen LogP contribution in [0, 0.1) is 6.92 Å². The minimum Gasteiger partial charge on any atom is -0.406 e. The number of amides is 1. The van der Waals surface area contributed by atoms with Gasteiger partial charge in [-0.3, -0.25) is 15.1 Å². The van der Waals surface area contributed by atoms with Crippen molar-refractivity contribution in [3.63, 3.8) is 0 Å². The van der Waals surface area contributed by atoms with Gasteiger partial charge in [-0.05, 0) is 72.6 Å². The molecule has 1 aromatic heterocycles. The summed E-state index contributed by atoms with van der Waals surface area (Å²) in [5.74, 6) is 0.301. The highest BCUT2D eigenvalue weighted by molar-refractivity contribution is 8.15. The Balaban J connectivity index is 1.25. The summed E-state index contributed by atoms with van der Waals surface area (Å²) >= 11 is 6.70. The highest BCUT2D eigenvalue weighted by Crippen LogP contribution is 2.33. The molecule has 220 valence electrons. The Bertz CT molecular complexity index is 1720. The van der Waals surface area contributed by atoms with Gasteiger partial charge in [0.05, 0.1) is 23.3 Å². The third-order valence-electron chi connectivity index (χ3n) is 6.23. The Labute approximate surface area is 254 Å². The van der Waals surface area contributed by atoms with E-state index in [1.807, 2.05) is 56.3 Å². The number of hydrogen-bond acceptors (Lipinski definition) is 7. The average Bonchev–Trinajstić information content (AvgIpc) is 3.60. The van der Waals surface area contributed by atoms with Crippen molar-refractivity contribution in [1.29, 1.82) is 0 Å². The number of nitrogens with one attached hydrogen (secondary N) is 1. The molecular formula is C29H24F3N7O2S2. The SMILES string of the molecule is CCc1cccc(C)c1N1C(=O)CS/C1=N\C(=S)N/N=C/c1cccc(-c2ncn(-c3ccc(OC(F)(F)F)cc3)n2)c1. The molecule has 0 radical (unpaired) electrons. The second-order valence-electron chi connectivity index (χ2n) is 9.20. The maximum Gasteiger partial charge on any atom is 0.573 e. The summed E-state index contributed by atoms with van der Waals surface area (Å²) in [6.45, 7) is 4.00. The number of carbonyl (C=O) groups excluding carboxylic acids is 1. The molecule has 0 unspecified atom stereocenters. The van der Waals surface area contributed by atoms with Crippen molar-refractivity contribution in [2.75, 3.05) is 10.7 Å². The smallest absolute Gasteiger partial charge is 0.406 e. The third-order valence-corrected chi connectivity index (χ3v) is 7.34. The Morgan fingerprint density at radius 1 is 1.16 bits per heavy atom. The topological polar surface area (TPSA) is 97.0 Å². The van der Waals surface area contributed by atoms with Crippen molar-refractivity contribution < 1.29 is 22.7 Å². The number of para-hydroxylation sites is 1. The zero-order valence-corrected chi connectivity index (χ0v) is 24.5. The van der Waals surface area contributed by atoms with Gasteiger partial charge in [0.25, 0.3) is 0 Å². The second-order valence-corrected chi connectivity index (χ2v) is 10.5. The second kappa shape index (κ2) is 12.8. The average molecular weight is 624 g/mol. The van der Waals surface area contributed by atoms with E-state index in [0.717, 1.165) is 28.8 Å². The fourth-order valence-corrected chi connectivity index (χ4v) is 5.40. The number of amidine groups is 1. The van der Waals surface area contributed by atoms with E-state index < -0.39 is 6.36 Å². The number of aliphatic imine (C=N–C) groups is 1. The number of aromatic nitrogens is 3. The first kappa shape index (κ1) is 29.9. The molecule has 1 amide bonds. The molecule has 0 saturated carbocycles. The number of halogens is 3. The highest BCUT2D eigenvalue weighted by atomic mass is 32.2. The lowest BCUT2D eigenvalue weighted by atomic mass is 10.0. The molecule has 3 aromatic carbocycles. The van der Waals surface area contributed by atoms with E-state index >= 15 is 0 Å². The van der Waals surface area contributed by atoms with Gasteiger partial charge in [-0.1, -0.05) is 55.1 Å². The van der Waals surface area contributed by atoms with Gasteiger partial charge in [0.1, 0.15) is 12.1 Å². The summed E-state index contributed by atoms with van der Waals surface area (Å²) < 4.78 is 42.6. The minimum absolute atomic E-state index is 0.0561. The lowest BCUT2D eigenvalue weighted by molar-refractivity contribution is -0.274. The minimum atomic E-state index is -4.76. The molecule has 1 aliphatic rings. The Morgan fingerprint density at radius 2 is 1.93 bits per heavy atom. The van der Waals surface area contributed by atoms with E-state index in [2.05, 4.69) is 30.3 Å². The van der Waals surface area contributed by atoms with E-state index in [1.165, 1.54) is 47.0 Å². The van der Waals surface area contributed by atoms with Crippen LogP contribution in [0.25, 0.3) is 17.1 Å². The van der Waals surface area contributed by atoms with Gasteiger partial charge in [-0.25, -0.2) is 9.67 Å². The molecule has 5 rings (SSSR count). The largest absolute Gasteiger partial charge is 0.573 e. The van der Waals surface area contributed by atoms with Crippen LogP contribution in [0.2, 0.25) is 0 Å². The van der Waals surface area contributed by atoms with Crippen LogP contribution in [0.15, 0.2) is 83.2 Å². The van der Waals surface area contributed by atoms with E-state index in [9.17, 15) is 18.0 Å². The first-order valence-electron chi connectivity index (χ1n) is 13.0. The van der Waals surface area contributed by atoms with Gasteiger partial charge in [-0.15, -0.1) is 18.3 Å². The first-order chi connectivity index (χ1) is 20.6. The quantitative estimate of drug-likeness (QED) is 0.152. The van der Waals surface area contributed by atoms with Gasteiger partial charge in [0, 0.05) is 5.56 Å². The van der Waals surface area contributed by atoms with Crippen molar-refractivity contribution >= 4 is 52.1 Å². The van der Waals surface area contributed by atoms with Crippen LogP contribution < -0.4 is 15.1 Å². The number of anilines is 1. The zero-order valence-electron chi connectivity index (χ0n) is 22.9. The third kappa shape index (κ3) is 7.27. The molecule has 14 heteroatoms. The van der Waals surface area contributed by atoms with E-state index in [1.54, 1.807) is 11.1 Å².